The number of likely N-dealkylation sites (tertiary alicyclic amines) is 2. The molecule has 0 unspecified atom stereocenters. The van der Waals surface area contributed by atoms with E-state index in [0.717, 1.165) is 55.3 Å². The Labute approximate surface area is 234 Å². The van der Waals surface area contributed by atoms with Crippen molar-refractivity contribution in [2.75, 3.05) is 33.3 Å². The fraction of sp³-hybridized carbons (Fsp3) is 0.452. The average Bonchev–Trinajstić information content (AvgIpc) is 3.47. The van der Waals surface area contributed by atoms with Gasteiger partial charge in [0.05, 0.1) is 18.2 Å². The van der Waals surface area contributed by atoms with E-state index in [0.29, 0.717) is 30.3 Å². The number of benzene rings is 2. The maximum absolute atomic E-state index is 13.2. The van der Waals surface area contributed by atoms with Crippen molar-refractivity contribution in [1.29, 1.82) is 0 Å². The van der Waals surface area contributed by atoms with Crippen molar-refractivity contribution < 1.29 is 19.1 Å². The number of piperidine rings is 2. The molecule has 2 aliphatic heterocycles. The second-order valence-corrected chi connectivity index (χ2v) is 11.5. The van der Waals surface area contributed by atoms with E-state index in [1.807, 2.05) is 71.5 Å². The maximum atomic E-state index is 13.2. The second kappa shape index (κ2) is 12.2. The zero-order valence-electron chi connectivity index (χ0n) is 23.0. The highest BCUT2D eigenvalue weighted by molar-refractivity contribution is 7.09. The fourth-order valence-corrected chi connectivity index (χ4v) is 6.56. The summed E-state index contributed by atoms with van der Waals surface area (Å²) in [5.41, 5.74) is 2.46. The number of methoxy groups -OCH3 is 1. The number of carbonyl (C=O) groups is 2. The van der Waals surface area contributed by atoms with Crippen molar-refractivity contribution in [2.45, 2.75) is 57.5 Å². The smallest absolute Gasteiger partial charge is 0.273 e. The van der Waals surface area contributed by atoms with Crippen molar-refractivity contribution in [1.82, 2.24) is 14.8 Å². The molecule has 206 valence electrons. The number of hydrogen-bond donors (Lipinski definition) is 0. The van der Waals surface area contributed by atoms with E-state index >= 15 is 0 Å². The number of amides is 2. The van der Waals surface area contributed by atoms with Crippen LogP contribution in [-0.2, 0) is 0 Å². The topological polar surface area (TPSA) is 72.0 Å². The third kappa shape index (κ3) is 6.27. The Morgan fingerprint density at radius 3 is 2.13 bits per heavy atom. The molecule has 0 N–H and O–H groups in total. The lowest BCUT2D eigenvalue weighted by molar-refractivity contribution is 0.0706. The Kier molecular flexibility index (Phi) is 8.50. The molecule has 0 saturated carbocycles. The number of hydrogen-bond acceptors (Lipinski definition) is 6. The van der Waals surface area contributed by atoms with E-state index in [9.17, 15) is 9.59 Å². The highest BCUT2D eigenvalue weighted by atomic mass is 32.1. The van der Waals surface area contributed by atoms with Gasteiger partial charge in [-0.05, 0) is 81.3 Å². The predicted octanol–water partition coefficient (Wildman–Crippen LogP) is 5.98. The normalized spacial score (nSPS) is 16.9. The molecule has 2 aliphatic rings. The van der Waals surface area contributed by atoms with Gasteiger partial charge in [-0.1, -0.05) is 18.2 Å². The van der Waals surface area contributed by atoms with E-state index in [1.165, 1.54) is 5.56 Å². The lowest BCUT2D eigenvalue weighted by Crippen LogP contribution is -2.38. The first-order valence-corrected chi connectivity index (χ1v) is 14.7. The van der Waals surface area contributed by atoms with Crippen LogP contribution in [0.2, 0.25) is 0 Å². The number of aromatic nitrogens is 1. The molecular weight excluding hydrogens is 510 g/mol. The van der Waals surface area contributed by atoms with Gasteiger partial charge in [0, 0.05) is 43.0 Å². The summed E-state index contributed by atoms with van der Waals surface area (Å²) in [4.78, 5) is 34.9. The van der Waals surface area contributed by atoms with Crippen LogP contribution in [0.4, 0.5) is 0 Å². The molecule has 2 fully saturated rings. The van der Waals surface area contributed by atoms with Crippen molar-refractivity contribution in [3.8, 4) is 11.5 Å². The molecule has 0 atom stereocenters. The Hall–Kier alpha value is -3.39. The van der Waals surface area contributed by atoms with E-state index in [4.69, 9.17) is 14.5 Å². The third-order valence-corrected chi connectivity index (χ3v) is 8.71. The number of ether oxygens (including phenoxy) is 2. The lowest BCUT2D eigenvalue weighted by Gasteiger charge is -2.32. The molecule has 0 bridgehead atoms. The Morgan fingerprint density at radius 1 is 0.872 bits per heavy atom. The van der Waals surface area contributed by atoms with Gasteiger partial charge < -0.3 is 19.3 Å². The number of carbonyl (C=O) groups excluding carboxylic acids is 2. The van der Waals surface area contributed by atoms with Gasteiger partial charge in [-0.3, -0.25) is 9.59 Å². The summed E-state index contributed by atoms with van der Waals surface area (Å²) in [6.45, 7) is 6.79. The molecule has 2 amide bonds. The first-order valence-electron chi connectivity index (χ1n) is 13.9. The summed E-state index contributed by atoms with van der Waals surface area (Å²) in [7, 11) is 1.71. The molecular formula is C31H37N3O4S. The summed E-state index contributed by atoms with van der Waals surface area (Å²) in [6.07, 6.45) is 3.65. The van der Waals surface area contributed by atoms with Crippen LogP contribution in [0.5, 0.6) is 11.5 Å². The molecule has 0 aliphatic carbocycles. The SMILES string of the molecule is COc1ccccc1C1CCN(C(=O)c2csc(C3CCN(C(=O)c4ccc(OC(C)C)cc4)CC3)n2)CC1. The van der Waals surface area contributed by atoms with Crippen LogP contribution >= 0.6 is 11.3 Å². The number of nitrogens with zero attached hydrogens (tertiary/aromatic N) is 3. The minimum Gasteiger partial charge on any atom is -0.496 e. The van der Waals surface area contributed by atoms with E-state index < -0.39 is 0 Å². The third-order valence-electron chi connectivity index (χ3n) is 7.71. The van der Waals surface area contributed by atoms with Crippen molar-refractivity contribution in [2.24, 2.45) is 0 Å². The van der Waals surface area contributed by atoms with Crippen molar-refractivity contribution in [3.05, 3.63) is 75.7 Å². The highest BCUT2D eigenvalue weighted by Gasteiger charge is 2.30. The molecule has 0 radical (unpaired) electrons. The van der Waals surface area contributed by atoms with Gasteiger partial charge >= 0.3 is 0 Å². The summed E-state index contributed by atoms with van der Waals surface area (Å²) in [5, 5.41) is 2.91. The summed E-state index contributed by atoms with van der Waals surface area (Å²) >= 11 is 1.57. The van der Waals surface area contributed by atoms with Crippen LogP contribution in [0.15, 0.2) is 53.9 Å². The van der Waals surface area contributed by atoms with Crippen LogP contribution < -0.4 is 9.47 Å². The molecule has 0 spiro atoms. The summed E-state index contributed by atoms with van der Waals surface area (Å²) < 4.78 is 11.2. The summed E-state index contributed by atoms with van der Waals surface area (Å²) in [5.74, 6) is 2.45. The Bertz CT molecular complexity index is 1270. The molecule has 2 aromatic carbocycles. The monoisotopic (exact) mass is 547 g/mol. The first kappa shape index (κ1) is 27.2. The Balaban J connectivity index is 1.13. The maximum Gasteiger partial charge on any atom is 0.273 e. The first-order chi connectivity index (χ1) is 18.9. The number of para-hydroxylation sites is 1. The van der Waals surface area contributed by atoms with Gasteiger partial charge in [-0.2, -0.15) is 0 Å². The van der Waals surface area contributed by atoms with Gasteiger partial charge in [-0.15, -0.1) is 11.3 Å². The molecule has 5 rings (SSSR count). The minimum absolute atomic E-state index is 0.0217. The zero-order valence-corrected chi connectivity index (χ0v) is 23.8. The highest BCUT2D eigenvalue weighted by Crippen LogP contribution is 2.35. The van der Waals surface area contributed by atoms with Crippen LogP contribution in [-0.4, -0.2) is 66.0 Å². The summed E-state index contributed by atoms with van der Waals surface area (Å²) in [6, 6.07) is 15.6. The van der Waals surface area contributed by atoms with Gasteiger partial charge in [0.15, 0.2) is 0 Å². The molecule has 1 aromatic heterocycles. The van der Waals surface area contributed by atoms with Gasteiger partial charge in [0.25, 0.3) is 11.8 Å². The van der Waals surface area contributed by atoms with Crippen LogP contribution in [0.1, 0.15) is 82.8 Å². The molecule has 8 heteroatoms. The van der Waals surface area contributed by atoms with Crippen LogP contribution in [0.3, 0.4) is 0 Å². The van der Waals surface area contributed by atoms with E-state index in [1.54, 1.807) is 18.4 Å². The standard InChI is InChI=1S/C31H37N3O4S/c1-21(2)38-25-10-8-24(9-11-25)30(35)33-18-14-23(15-19-33)29-32-27(20-39-29)31(36)34-16-12-22(13-17-34)26-6-4-5-7-28(26)37-3/h4-11,20-23H,12-19H2,1-3H3. The van der Waals surface area contributed by atoms with E-state index in [2.05, 4.69) is 6.07 Å². The van der Waals surface area contributed by atoms with Gasteiger partial charge in [0.2, 0.25) is 0 Å². The fourth-order valence-electron chi connectivity index (χ4n) is 5.59. The lowest BCUT2D eigenvalue weighted by atomic mass is 9.88. The second-order valence-electron chi connectivity index (χ2n) is 10.6. The van der Waals surface area contributed by atoms with Gasteiger partial charge in [0.1, 0.15) is 17.2 Å². The van der Waals surface area contributed by atoms with Crippen LogP contribution in [0.25, 0.3) is 0 Å². The van der Waals surface area contributed by atoms with Crippen LogP contribution in [0, 0.1) is 0 Å². The average molecular weight is 548 g/mol. The molecule has 2 saturated heterocycles. The van der Waals surface area contributed by atoms with E-state index in [-0.39, 0.29) is 23.8 Å². The molecule has 3 aromatic rings. The Morgan fingerprint density at radius 2 is 1.49 bits per heavy atom. The van der Waals surface area contributed by atoms with Gasteiger partial charge in [-0.25, -0.2) is 4.98 Å². The quantitative estimate of drug-likeness (QED) is 0.364. The zero-order chi connectivity index (χ0) is 27.4. The van der Waals surface area contributed by atoms with Crippen molar-refractivity contribution >= 4 is 23.2 Å². The van der Waals surface area contributed by atoms with Crippen molar-refractivity contribution in [3.63, 3.8) is 0 Å². The predicted molar refractivity (Wildman–Crippen MR) is 153 cm³/mol. The minimum atomic E-state index is 0.0217. The number of thiazole rings is 1. The number of rotatable bonds is 7. The molecule has 7 nitrogen and oxygen atoms in total. The largest absolute Gasteiger partial charge is 0.496 e. The molecule has 39 heavy (non-hydrogen) atoms. The molecule has 3 heterocycles.